The van der Waals surface area contributed by atoms with Crippen LogP contribution in [-0.2, 0) is 24.4 Å². The van der Waals surface area contributed by atoms with Crippen molar-refractivity contribution in [2.75, 3.05) is 13.4 Å². The second-order valence-electron chi connectivity index (χ2n) is 9.09. The van der Waals surface area contributed by atoms with Crippen molar-refractivity contribution in [1.82, 2.24) is 15.4 Å². The third-order valence-electron chi connectivity index (χ3n) is 6.02. The fraction of sp³-hybridized carbons (Fsp3) is 0.207. The molecule has 1 aromatic heterocycles. The number of alkyl halides is 3. The summed E-state index contributed by atoms with van der Waals surface area (Å²) < 4.78 is 63.0. The van der Waals surface area contributed by atoms with Crippen molar-refractivity contribution >= 4 is 11.8 Å². The van der Waals surface area contributed by atoms with Gasteiger partial charge in [-0.15, -0.1) is 13.2 Å². The maximum Gasteiger partial charge on any atom is 0.573 e. The molecule has 1 aliphatic rings. The second-order valence-corrected chi connectivity index (χ2v) is 9.09. The fourth-order valence-corrected chi connectivity index (χ4v) is 4.01. The number of carbonyl (C=O) groups is 2. The smallest absolute Gasteiger partial charge is 0.484 e. The van der Waals surface area contributed by atoms with E-state index in [9.17, 15) is 22.8 Å². The largest absolute Gasteiger partial charge is 0.573 e. The van der Waals surface area contributed by atoms with E-state index in [1.54, 1.807) is 48.5 Å². The van der Waals surface area contributed by atoms with E-state index < -0.39 is 18.2 Å². The van der Waals surface area contributed by atoms with E-state index in [0.717, 1.165) is 17.7 Å². The molecular weight excluding hydrogens is 559 g/mol. The molecule has 1 N–H and O–H groups in total. The summed E-state index contributed by atoms with van der Waals surface area (Å²) in [6, 6.07) is 20.6. The van der Waals surface area contributed by atoms with Gasteiger partial charge >= 0.3 is 6.36 Å². The number of aromatic nitrogens is 1. The first-order chi connectivity index (χ1) is 20.2. The molecule has 3 aromatic carbocycles. The number of para-hydroxylation sites is 1. The van der Waals surface area contributed by atoms with Crippen LogP contribution in [0.1, 0.15) is 27.4 Å². The number of carbonyl (C=O) groups excluding carboxylic acids is 2. The Morgan fingerprint density at radius 3 is 2.38 bits per heavy atom. The molecule has 10 nitrogen and oxygen atoms in total. The average molecular weight is 584 g/mol. The third-order valence-corrected chi connectivity index (χ3v) is 6.02. The van der Waals surface area contributed by atoms with E-state index in [4.69, 9.17) is 18.7 Å². The number of ether oxygens (including phenoxy) is 4. The predicted octanol–water partition coefficient (Wildman–Crippen LogP) is 4.84. The lowest BCUT2D eigenvalue weighted by molar-refractivity contribution is -0.274. The molecule has 4 aromatic rings. The van der Waals surface area contributed by atoms with Crippen molar-refractivity contribution in [2.24, 2.45) is 0 Å². The van der Waals surface area contributed by atoms with E-state index in [0.29, 0.717) is 22.8 Å². The molecule has 0 radical (unpaired) electrons. The number of halogens is 3. The van der Waals surface area contributed by atoms with Crippen LogP contribution in [-0.4, -0.2) is 41.6 Å². The van der Waals surface area contributed by atoms with Gasteiger partial charge in [-0.2, -0.15) is 0 Å². The highest BCUT2D eigenvalue weighted by molar-refractivity contribution is 5.92. The Hall–Kier alpha value is -5.20. The van der Waals surface area contributed by atoms with E-state index in [1.165, 1.54) is 23.1 Å². The zero-order valence-corrected chi connectivity index (χ0v) is 21.9. The van der Waals surface area contributed by atoms with Gasteiger partial charge in [0, 0.05) is 19.2 Å². The van der Waals surface area contributed by atoms with Crippen LogP contribution in [0.5, 0.6) is 23.0 Å². The van der Waals surface area contributed by atoms with Crippen LogP contribution in [0.25, 0.3) is 0 Å². The zero-order chi connectivity index (χ0) is 29.5. The van der Waals surface area contributed by atoms with Crippen molar-refractivity contribution in [3.63, 3.8) is 0 Å². The van der Waals surface area contributed by atoms with E-state index in [1.807, 2.05) is 0 Å². The van der Waals surface area contributed by atoms with E-state index in [2.05, 4.69) is 15.2 Å². The van der Waals surface area contributed by atoms with Crippen LogP contribution in [0.4, 0.5) is 13.2 Å². The lowest BCUT2D eigenvalue weighted by Gasteiger charge is -2.22. The van der Waals surface area contributed by atoms with Gasteiger partial charge in [0.2, 0.25) is 6.79 Å². The van der Waals surface area contributed by atoms with E-state index in [-0.39, 0.29) is 50.2 Å². The Labute approximate surface area is 237 Å². The fourth-order valence-electron chi connectivity index (χ4n) is 4.01. The first-order valence-corrected chi connectivity index (χ1v) is 12.6. The monoisotopic (exact) mass is 583 g/mol. The number of rotatable bonds is 11. The minimum atomic E-state index is -4.82. The van der Waals surface area contributed by atoms with Crippen molar-refractivity contribution < 1.29 is 46.2 Å². The molecule has 218 valence electrons. The van der Waals surface area contributed by atoms with E-state index >= 15 is 0 Å². The number of fused-ring (bicyclic) bond motifs is 1. The minimum absolute atomic E-state index is 0.00679. The van der Waals surface area contributed by atoms with Gasteiger partial charge in [0.25, 0.3) is 11.8 Å². The van der Waals surface area contributed by atoms with Gasteiger partial charge in [0.1, 0.15) is 11.5 Å². The van der Waals surface area contributed by atoms with Gasteiger partial charge in [0.15, 0.2) is 29.6 Å². The Morgan fingerprint density at radius 2 is 1.62 bits per heavy atom. The molecule has 0 fully saturated rings. The van der Waals surface area contributed by atoms with Crippen LogP contribution < -0.4 is 24.3 Å². The summed E-state index contributed by atoms with van der Waals surface area (Å²) in [7, 11) is 0. The number of nitrogens with one attached hydrogen (secondary N) is 1. The van der Waals surface area contributed by atoms with Gasteiger partial charge in [-0.25, -0.2) is 0 Å². The maximum absolute atomic E-state index is 13.1. The highest BCUT2D eigenvalue weighted by Crippen LogP contribution is 2.32. The molecular formula is C29H24F3N3O7. The van der Waals surface area contributed by atoms with Gasteiger partial charge < -0.3 is 33.7 Å². The van der Waals surface area contributed by atoms with Crippen molar-refractivity contribution in [3.8, 4) is 23.0 Å². The number of hydrogen-bond donors (Lipinski definition) is 1. The lowest BCUT2D eigenvalue weighted by atomic mass is 10.2. The zero-order valence-electron chi connectivity index (χ0n) is 21.9. The first-order valence-electron chi connectivity index (χ1n) is 12.6. The molecule has 0 saturated heterocycles. The molecule has 0 bridgehead atoms. The maximum atomic E-state index is 13.1. The molecule has 2 heterocycles. The Kier molecular flexibility index (Phi) is 8.46. The van der Waals surface area contributed by atoms with Gasteiger partial charge in [-0.05, 0) is 47.5 Å². The minimum Gasteiger partial charge on any atom is -0.484 e. The summed E-state index contributed by atoms with van der Waals surface area (Å²) in [5.74, 6) is 0.615. The van der Waals surface area contributed by atoms with Gasteiger partial charge in [0.05, 0.1) is 6.54 Å². The molecule has 0 unspecified atom stereocenters. The highest BCUT2D eigenvalue weighted by atomic mass is 19.4. The van der Waals surface area contributed by atoms with Gasteiger partial charge in [-0.3, -0.25) is 9.59 Å². The molecule has 5 rings (SSSR count). The topological polar surface area (TPSA) is 112 Å². The Bertz CT molecular complexity index is 1530. The summed E-state index contributed by atoms with van der Waals surface area (Å²) in [4.78, 5) is 27.2. The third kappa shape index (κ3) is 7.71. The van der Waals surface area contributed by atoms with Crippen molar-refractivity contribution in [3.05, 3.63) is 101 Å². The number of amides is 2. The SMILES string of the molecule is O=C(NCc1ccc2c(c1)OCO2)c1cc(CN(Cc2ccc(OC(F)(F)F)cc2)C(=O)COc2ccccc2)on1. The van der Waals surface area contributed by atoms with Crippen molar-refractivity contribution in [2.45, 2.75) is 26.0 Å². The summed E-state index contributed by atoms with van der Waals surface area (Å²) in [6.07, 6.45) is -4.82. The molecule has 13 heteroatoms. The Balaban J connectivity index is 1.24. The van der Waals surface area contributed by atoms with Crippen LogP contribution in [0.3, 0.4) is 0 Å². The van der Waals surface area contributed by atoms with Crippen LogP contribution in [0, 0.1) is 0 Å². The molecule has 2 amide bonds. The van der Waals surface area contributed by atoms with Gasteiger partial charge in [-0.1, -0.05) is 41.6 Å². The van der Waals surface area contributed by atoms with Crippen LogP contribution in [0.15, 0.2) is 83.4 Å². The molecule has 42 heavy (non-hydrogen) atoms. The molecule has 0 saturated carbocycles. The van der Waals surface area contributed by atoms with Crippen LogP contribution in [0.2, 0.25) is 0 Å². The number of hydrogen-bond acceptors (Lipinski definition) is 8. The standard InChI is InChI=1S/C29H24F3N3O7/c30-29(31,32)41-22-9-6-19(7-10-22)15-35(27(36)17-38-21-4-2-1-3-5-21)16-23-13-24(34-42-23)28(37)33-14-20-8-11-25-26(12-20)40-18-39-25/h1-13H,14-18H2,(H,33,37). The summed E-state index contributed by atoms with van der Waals surface area (Å²) in [6.45, 7) is -0.0398. The lowest BCUT2D eigenvalue weighted by Crippen LogP contribution is -2.34. The summed E-state index contributed by atoms with van der Waals surface area (Å²) >= 11 is 0. The molecule has 0 atom stereocenters. The molecule has 1 aliphatic heterocycles. The average Bonchev–Trinajstić information content (AvgIpc) is 3.64. The first kappa shape index (κ1) is 28.3. The Morgan fingerprint density at radius 1 is 0.881 bits per heavy atom. The quantitative estimate of drug-likeness (QED) is 0.267. The summed E-state index contributed by atoms with van der Waals surface area (Å²) in [5.41, 5.74) is 1.32. The number of benzene rings is 3. The predicted molar refractivity (Wildman–Crippen MR) is 140 cm³/mol. The number of nitrogens with zero attached hydrogens (tertiary/aromatic N) is 2. The normalized spacial score (nSPS) is 12.1. The molecule has 0 aliphatic carbocycles. The highest BCUT2D eigenvalue weighted by Gasteiger charge is 2.31. The van der Waals surface area contributed by atoms with Crippen LogP contribution >= 0.6 is 0 Å². The molecule has 0 spiro atoms. The summed E-state index contributed by atoms with van der Waals surface area (Å²) in [5, 5.41) is 6.57. The van der Waals surface area contributed by atoms with Crippen molar-refractivity contribution in [1.29, 1.82) is 0 Å². The second kappa shape index (κ2) is 12.5.